The van der Waals surface area contributed by atoms with Crippen LogP contribution in [0.25, 0.3) is 11.1 Å². The fourth-order valence-electron chi connectivity index (χ4n) is 2.28. The second-order valence-corrected chi connectivity index (χ2v) is 5.47. The van der Waals surface area contributed by atoms with Gasteiger partial charge >= 0.3 is 5.97 Å². The Morgan fingerprint density at radius 1 is 1.15 bits per heavy atom. The van der Waals surface area contributed by atoms with Crippen molar-refractivity contribution in [1.82, 2.24) is 4.98 Å². The normalized spacial score (nSPS) is 10.3. The largest absolute Gasteiger partial charge is 0.456 e. The Balaban J connectivity index is 1.43. The molecule has 26 heavy (non-hydrogen) atoms. The van der Waals surface area contributed by atoms with Gasteiger partial charge in [-0.2, -0.15) is 5.26 Å². The summed E-state index contributed by atoms with van der Waals surface area (Å²) in [5.41, 5.74) is 2.42. The Morgan fingerprint density at radius 2 is 1.92 bits per heavy atom. The third-order valence-electron chi connectivity index (χ3n) is 3.54. The number of hydrogen-bond acceptors (Lipinski definition) is 6. The van der Waals surface area contributed by atoms with Crippen molar-refractivity contribution >= 4 is 28.7 Å². The third-order valence-corrected chi connectivity index (χ3v) is 3.54. The van der Waals surface area contributed by atoms with Crippen molar-refractivity contribution in [2.24, 2.45) is 0 Å². The van der Waals surface area contributed by atoms with Crippen LogP contribution in [-0.4, -0.2) is 23.5 Å². The van der Waals surface area contributed by atoms with Gasteiger partial charge in [-0.3, -0.25) is 9.59 Å². The van der Waals surface area contributed by atoms with E-state index in [0.717, 1.165) is 5.52 Å². The molecule has 0 atom stereocenters. The molecule has 0 saturated heterocycles. The number of carbonyl (C=O) groups excluding carboxylic acids is 2. The fourth-order valence-corrected chi connectivity index (χ4v) is 2.28. The van der Waals surface area contributed by atoms with Crippen LogP contribution in [0.15, 0.2) is 52.9 Å². The lowest BCUT2D eigenvalue weighted by atomic mass is 10.2. The van der Waals surface area contributed by atoms with Gasteiger partial charge in [0.1, 0.15) is 5.52 Å². The molecule has 0 radical (unpaired) electrons. The maximum Gasteiger partial charge on any atom is 0.306 e. The molecule has 0 saturated carbocycles. The highest BCUT2D eigenvalue weighted by molar-refractivity contribution is 5.92. The lowest BCUT2D eigenvalue weighted by Crippen LogP contribution is -2.21. The van der Waals surface area contributed by atoms with E-state index in [0.29, 0.717) is 29.1 Å². The van der Waals surface area contributed by atoms with Gasteiger partial charge in [0.05, 0.1) is 18.1 Å². The van der Waals surface area contributed by atoms with Crippen LogP contribution in [0.5, 0.6) is 0 Å². The number of oxazole rings is 1. The minimum absolute atomic E-state index is 0.0664. The van der Waals surface area contributed by atoms with Gasteiger partial charge in [0.15, 0.2) is 18.1 Å². The summed E-state index contributed by atoms with van der Waals surface area (Å²) in [5.74, 6) is -0.516. The SMILES string of the molecule is N#Cc1ccc(NC(=O)COC(=O)CCc2nc3ccccc3o2)cc1. The molecule has 1 N–H and O–H groups in total. The number of amides is 1. The number of anilines is 1. The molecule has 7 heteroatoms. The van der Waals surface area contributed by atoms with Gasteiger partial charge in [-0.05, 0) is 36.4 Å². The first-order valence-electron chi connectivity index (χ1n) is 7.94. The summed E-state index contributed by atoms with van der Waals surface area (Å²) >= 11 is 0. The lowest BCUT2D eigenvalue weighted by Gasteiger charge is -2.06. The summed E-state index contributed by atoms with van der Waals surface area (Å²) in [6.45, 7) is -0.383. The molecule has 0 bridgehead atoms. The van der Waals surface area contributed by atoms with Crippen LogP contribution in [0.4, 0.5) is 5.69 Å². The number of aryl methyl sites for hydroxylation is 1. The second-order valence-electron chi connectivity index (χ2n) is 5.47. The maximum absolute atomic E-state index is 11.8. The van der Waals surface area contributed by atoms with Crippen molar-refractivity contribution in [2.45, 2.75) is 12.8 Å². The Hall–Kier alpha value is -3.66. The number of nitrogens with one attached hydrogen (secondary N) is 1. The number of esters is 1. The van der Waals surface area contributed by atoms with E-state index in [2.05, 4.69) is 10.3 Å². The molecule has 0 aliphatic rings. The van der Waals surface area contributed by atoms with Crippen LogP contribution in [0.1, 0.15) is 17.9 Å². The number of benzene rings is 2. The zero-order chi connectivity index (χ0) is 18.4. The van der Waals surface area contributed by atoms with Gasteiger partial charge in [0.2, 0.25) is 0 Å². The summed E-state index contributed by atoms with van der Waals surface area (Å²) in [5, 5.41) is 11.3. The van der Waals surface area contributed by atoms with E-state index in [1.165, 1.54) is 0 Å². The zero-order valence-corrected chi connectivity index (χ0v) is 13.8. The molecule has 7 nitrogen and oxygen atoms in total. The third kappa shape index (κ3) is 4.45. The smallest absolute Gasteiger partial charge is 0.306 e. The molecular formula is C19H15N3O4. The first kappa shape index (κ1) is 17.2. The standard InChI is InChI=1S/C19H15N3O4/c20-11-13-5-7-14(8-6-13)21-17(23)12-25-19(24)10-9-18-22-15-3-1-2-4-16(15)26-18/h1-8H,9-10,12H2,(H,21,23). The van der Waals surface area contributed by atoms with Gasteiger partial charge < -0.3 is 14.5 Å². The van der Waals surface area contributed by atoms with Gasteiger partial charge in [-0.15, -0.1) is 0 Å². The Morgan fingerprint density at radius 3 is 2.65 bits per heavy atom. The Labute approximate surface area is 149 Å². The highest BCUT2D eigenvalue weighted by Crippen LogP contribution is 2.15. The van der Waals surface area contributed by atoms with Crippen molar-refractivity contribution < 1.29 is 18.7 Å². The van der Waals surface area contributed by atoms with E-state index in [1.807, 2.05) is 24.3 Å². The molecule has 0 unspecified atom stereocenters. The summed E-state index contributed by atoms with van der Waals surface area (Å²) in [7, 11) is 0. The van der Waals surface area contributed by atoms with E-state index >= 15 is 0 Å². The number of hydrogen-bond donors (Lipinski definition) is 1. The predicted octanol–water partition coefficient (Wildman–Crippen LogP) is 2.81. The number of aromatic nitrogens is 1. The molecule has 3 aromatic rings. The molecule has 3 rings (SSSR count). The lowest BCUT2D eigenvalue weighted by molar-refractivity contribution is -0.147. The predicted molar refractivity (Wildman–Crippen MR) is 93.1 cm³/mol. The first-order valence-corrected chi connectivity index (χ1v) is 7.94. The van der Waals surface area contributed by atoms with Crippen molar-refractivity contribution in [2.75, 3.05) is 11.9 Å². The van der Waals surface area contributed by atoms with Gasteiger partial charge in [-0.25, -0.2) is 4.98 Å². The summed E-state index contributed by atoms with van der Waals surface area (Å²) < 4.78 is 10.5. The van der Waals surface area contributed by atoms with Crippen LogP contribution < -0.4 is 5.32 Å². The summed E-state index contributed by atoms with van der Waals surface area (Å²) in [6, 6.07) is 15.7. The minimum atomic E-state index is -0.512. The topological polar surface area (TPSA) is 105 Å². The molecular weight excluding hydrogens is 334 g/mol. The monoisotopic (exact) mass is 349 g/mol. The molecule has 1 aromatic heterocycles. The number of fused-ring (bicyclic) bond motifs is 1. The molecule has 1 amide bonds. The zero-order valence-electron chi connectivity index (χ0n) is 13.8. The summed E-state index contributed by atoms with van der Waals surface area (Å²) in [6.07, 6.45) is 0.363. The fraction of sp³-hybridized carbons (Fsp3) is 0.158. The number of nitriles is 1. The van der Waals surface area contributed by atoms with E-state index in [9.17, 15) is 9.59 Å². The Kier molecular flexibility index (Phi) is 5.25. The van der Waals surface area contributed by atoms with Gasteiger partial charge in [0, 0.05) is 12.1 Å². The van der Waals surface area contributed by atoms with Gasteiger partial charge in [-0.1, -0.05) is 12.1 Å². The highest BCUT2D eigenvalue weighted by atomic mass is 16.5. The quantitative estimate of drug-likeness (QED) is 0.686. The van der Waals surface area contributed by atoms with Crippen LogP contribution >= 0.6 is 0 Å². The minimum Gasteiger partial charge on any atom is -0.456 e. The van der Waals surface area contributed by atoms with E-state index in [4.69, 9.17) is 14.4 Å². The molecule has 0 aliphatic heterocycles. The van der Waals surface area contributed by atoms with E-state index in [-0.39, 0.29) is 13.0 Å². The van der Waals surface area contributed by atoms with Crippen LogP contribution in [0.3, 0.4) is 0 Å². The molecule has 0 aliphatic carbocycles. The molecule has 0 fully saturated rings. The number of carbonyl (C=O) groups is 2. The van der Waals surface area contributed by atoms with Crippen molar-refractivity contribution in [3.63, 3.8) is 0 Å². The highest BCUT2D eigenvalue weighted by Gasteiger charge is 2.11. The molecule has 0 spiro atoms. The van der Waals surface area contributed by atoms with Gasteiger partial charge in [0.25, 0.3) is 5.91 Å². The van der Waals surface area contributed by atoms with E-state index < -0.39 is 11.9 Å². The maximum atomic E-state index is 11.8. The summed E-state index contributed by atoms with van der Waals surface area (Å²) in [4.78, 5) is 27.8. The molecule has 130 valence electrons. The van der Waals surface area contributed by atoms with Crippen LogP contribution in [0.2, 0.25) is 0 Å². The molecule has 2 aromatic carbocycles. The Bertz CT molecular complexity index is 937. The number of ether oxygens (including phenoxy) is 1. The average molecular weight is 349 g/mol. The van der Waals surface area contributed by atoms with Crippen molar-refractivity contribution in [3.8, 4) is 6.07 Å². The molecule has 1 heterocycles. The van der Waals surface area contributed by atoms with Crippen LogP contribution in [0, 0.1) is 11.3 Å². The van der Waals surface area contributed by atoms with Crippen molar-refractivity contribution in [1.29, 1.82) is 5.26 Å². The number of para-hydroxylation sites is 2. The number of rotatable bonds is 6. The second kappa shape index (κ2) is 7.94. The van der Waals surface area contributed by atoms with E-state index in [1.54, 1.807) is 30.3 Å². The van der Waals surface area contributed by atoms with Crippen molar-refractivity contribution in [3.05, 3.63) is 60.0 Å². The average Bonchev–Trinajstić information content (AvgIpc) is 3.08. The number of nitrogens with zero attached hydrogens (tertiary/aromatic N) is 2. The van der Waals surface area contributed by atoms with Crippen LogP contribution in [-0.2, 0) is 20.7 Å². The first-order chi connectivity index (χ1) is 12.6.